The van der Waals surface area contributed by atoms with E-state index in [1.54, 1.807) is 0 Å². The van der Waals surface area contributed by atoms with Gasteiger partial charge < -0.3 is 20.5 Å². The van der Waals surface area contributed by atoms with Crippen LogP contribution in [0.1, 0.15) is 64.9 Å². The van der Waals surface area contributed by atoms with Crippen LogP contribution in [0.15, 0.2) is 72.3 Å². The summed E-state index contributed by atoms with van der Waals surface area (Å²) in [6, 6.07) is 10.0. The summed E-state index contributed by atoms with van der Waals surface area (Å²) in [5.41, 5.74) is 7.62. The van der Waals surface area contributed by atoms with Crippen LogP contribution in [0.2, 0.25) is 0 Å². The monoisotopic (exact) mass is 505 g/mol. The second kappa shape index (κ2) is 13.1. The average molecular weight is 506 g/mol. The minimum atomic E-state index is -0.498. The largest absolute Gasteiger partial charge is 0.493 e. The first-order valence-corrected chi connectivity index (χ1v) is 13.0. The van der Waals surface area contributed by atoms with Crippen molar-refractivity contribution in [2.24, 2.45) is 11.7 Å². The number of carbonyl (C=O) groups excluding carboxylic acids is 2. The Morgan fingerprint density at radius 3 is 2.76 bits per heavy atom. The third kappa shape index (κ3) is 8.48. The van der Waals surface area contributed by atoms with Crippen LogP contribution in [0.3, 0.4) is 0 Å². The Balaban J connectivity index is 1.54. The van der Waals surface area contributed by atoms with Crippen molar-refractivity contribution in [3.05, 3.63) is 77.9 Å². The molecule has 2 atom stereocenters. The molecule has 0 spiro atoms. The predicted octanol–water partition coefficient (Wildman–Crippen LogP) is 5.92. The van der Waals surface area contributed by atoms with Crippen molar-refractivity contribution in [3.63, 3.8) is 0 Å². The van der Waals surface area contributed by atoms with Gasteiger partial charge in [-0.2, -0.15) is 0 Å². The van der Waals surface area contributed by atoms with Crippen molar-refractivity contribution < 1.29 is 19.1 Å². The van der Waals surface area contributed by atoms with Crippen LogP contribution >= 0.6 is 0 Å². The average Bonchev–Trinajstić information content (AvgIpc) is 2.85. The minimum Gasteiger partial charge on any atom is -0.493 e. The highest BCUT2D eigenvalue weighted by Gasteiger charge is 2.23. The van der Waals surface area contributed by atoms with Gasteiger partial charge in [-0.25, -0.2) is 4.79 Å². The van der Waals surface area contributed by atoms with Gasteiger partial charge in [0.05, 0.1) is 17.7 Å². The van der Waals surface area contributed by atoms with Crippen molar-refractivity contribution in [3.8, 4) is 0 Å². The van der Waals surface area contributed by atoms with E-state index in [4.69, 9.17) is 15.2 Å². The Bertz CT molecular complexity index is 1170. The number of para-hydroxylation sites is 1. The van der Waals surface area contributed by atoms with E-state index in [2.05, 4.69) is 23.3 Å². The second-order valence-electron chi connectivity index (χ2n) is 10.4. The lowest BCUT2D eigenvalue weighted by atomic mass is 9.86. The zero-order valence-corrected chi connectivity index (χ0v) is 22.3. The van der Waals surface area contributed by atoms with Crippen LogP contribution in [0, 0.1) is 5.92 Å². The van der Waals surface area contributed by atoms with E-state index in [-0.39, 0.29) is 17.8 Å². The van der Waals surface area contributed by atoms with Crippen molar-refractivity contribution in [1.29, 1.82) is 0 Å². The quantitative estimate of drug-likeness (QED) is 0.290. The Morgan fingerprint density at radius 2 is 2.00 bits per heavy atom. The van der Waals surface area contributed by atoms with Crippen molar-refractivity contribution >= 4 is 22.8 Å². The Labute approximate surface area is 219 Å². The van der Waals surface area contributed by atoms with Crippen LogP contribution < -0.4 is 11.1 Å². The van der Waals surface area contributed by atoms with Gasteiger partial charge in [0.1, 0.15) is 11.4 Å². The van der Waals surface area contributed by atoms with Gasteiger partial charge in [0.2, 0.25) is 0 Å². The molecule has 1 amide bonds. The summed E-state index contributed by atoms with van der Waals surface area (Å²) in [5.74, 6) is 0.901. The van der Waals surface area contributed by atoms with Crippen LogP contribution in [-0.2, 0) is 14.3 Å². The first-order chi connectivity index (χ1) is 17.7. The van der Waals surface area contributed by atoms with E-state index in [9.17, 15) is 9.59 Å². The number of rotatable bonds is 11. The molecule has 0 saturated heterocycles. The fraction of sp³-hybridized carbons (Fsp3) is 0.433. The normalized spacial score (nSPS) is 16.7. The molecule has 0 aliphatic heterocycles. The smallest absolute Gasteiger partial charge is 0.407 e. The van der Waals surface area contributed by atoms with Gasteiger partial charge in [0, 0.05) is 30.1 Å². The molecule has 2 unspecified atom stereocenters. The van der Waals surface area contributed by atoms with Gasteiger partial charge in [-0.05, 0) is 82.3 Å². The molecule has 1 aromatic heterocycles. The Hall–Kier alpha value is -3.61. The van der Waals surface area contributed by atoms with E-state index in [1.807, 2.05) is 63.4 Å². The molecule has 1 aliphatic carbocycles. The zero-order chi connectivity index (χ0) is 26.8. The molecule has 0 saturated carbocycles. The molecule has 0 radical (unpaired) electrons. The maximum atomic E-state index is 12.8. The van der Waals surface area contributed by atoms with E-state index in [1.165, 1.54) is 12.3 Å². The number of amides is 1. The standard InChI is InChI=1S/C30H39N3O4/c1-21(14-17-33-29(35)37-30(2,3)4)8-7-19-36-28-12-11-22(20-25(28)27(34)13-16-31)23-15-18-32-26-10-6-5-9-24(23)26/h5-6,9-10,12-13,15-16,18,20-22H,7-8,11,14,17,19,31H2,1-4H3,(H,33,35). The number of nitrogens with zero attached hydrogens (tertiary/aromatic N) is 1. The van der Waals surface area contributed by atoms with Gasteiger partial charge in [-0.3, -0.25) is 9.78 Å². The molecular weight excluding hydrogens is 466 g/mol. The number of alkyl carbamates (subject to hydrolysis) is 1. The van der Waals surface area contributed by atoms with Gasteiger partial charge >= 0.3 is 6.09 Å². The molecule has 1 aliphatic rings. The summed E-state index contributed by atoms with van der Waals surface area (Å²) in [7, 11) is 0. The van der Waals surface area contributed by atoms with Gasteiger partial charge in [0.25, 0.3) is 0 Å². The van der Waals surface area contributed by atoms with Crippen LogP contribution in [0.5, 0.6) is 0 Å². The second-order valence-corrected chi connectivity index (χ2v) is 10.4. The number of carbonyl (C=O) groups is 2. The minimum absolute atomic E-state index is 0.0443. The molecule has 1 aromatic carbocycles. The number of aromatic nitrogens is 1. The third-order valence-corrected chi connectivity index (χ3v) is 6.19. The summed E-state index contributed by atoms with van der Waals surface area (Å²) in [6.07, 6.45) is 11.4. The van der Waals surface area contributed by atoms with Gasteiger partial charge in [-0.15, -0.1) is 0 Å². The molecule has 198 valence electrons. The van der Waals surface area contributed by atoms with Gasteiger partial charge in [0.15, 0.2) is 5.78 Å². The maximum Gasteiger partial charge on any atom is 0.407 e. The molecule has 37 heavy (non-hydrogen) atoms. The van der Waals surface area contributed by atoms with E-state index >= 15 is 0 Å². The van der Waals surface area contributed by atoms with Gasteiger partial charge in [-0.1, -0.05) is 31.2 Å². The number of nitrogens with two attached hydrogens (primary N) is 1. The number of pyridine rings is 1. The number of nitrogens with one attached hydrogen (secondary N) is 1. The summed E-state index contributed by atoms with van der Waals surface area (Å²) >= 11 is 0. The highest BCUT2D eigenvalue weighted by atomic mass is 16.6. The van der Waals surface area contributed by atoms with Crippen LogP contribution in [0.25, 0.3) is 10.9 Å². The van der Waals surface area contributed by atoms with Crippen molar-refractivity contribution in [2.75, 3.05) is 13.2 Å². The topological polar surface area (TPSA) is 104 Å². The number of benzene rings is 1. The number of ketones is 1. The highest BCUT2D eigenvalue weighted by molar-refractivity contribution is 6.07. The number of hydrogen-bond donors (Lipinski definition) is 2. The highest BCUT2D eigenvalue weighted by Crippen LogP contribution is 2.35. The number of ether oxygens (including phenoxy) is 2. The number of fused-ring (bicyclic) bond motifs is 1. The van der Waals surface area contributed by atoms with E-state index in [0.717, 1.165) is 42.1 Å². The van der Waals surface area contributed by atoms with E-state index < -0.39 is 5.60 Å². The summed E-state index contributed by atoms with van der Waals surface area (Å²) in [5, 5.41) is 3.89. The molecular formula is C30H39N3O4. The van der Waals surface area contributed by atoms with Crippen molar-refractivity contribution in [1.82, 2.24) is 10.3 Å². The summed E-state index contributed by atoms with van der Waals surface area (Å²) < 4.78 is 11.3. The molecule has 2 aromatic rings. The van der Waals surface area contributed by atoms with E-state index in [0.29, 0.717) is 30.4 Å². The number of hydrogen-bond acceptors (Lipinski definition) is 6. The molecule has 7 heteroatoms. The van der Waals surface area contributed by atoms with Crippen LogP contribution in [-0.4, -0.2) is 35.6 Å². The first-order valence-electron chi connectivity index (χ1n) is 13.0. The Morgan fingerprint density at radius 1 is 1.22 bits per heavy atom. The van der Waals surface area contributed by atoms with Crippen molar-refractivity contribution in [2.45, 2.75) is 64.9 Å². The lowest BCUT2D eigenvalue weighted by Crippen LogP contribution is -2.33. The molecule has 3 N–H and O–H groups in total. The predicted molar refractivity (Wildman–Crippen MR) is 147 cm³/mol. The van der Waals surface area contributed by atoms with Crippen LogP contribution in [0.4, 0.5) is 4.79 Å². The number of allylic oxidation sites excluding steroid dienone is 4. The molecule has 7 nitrogen and oxygen atoms in total. The molecule has 0 fully saturated rings. The Kier molecular flexibility index (Phi) is 9.89. The first kappa shape index (κ1) is 28.0. The fourth-order valence-electron chi connectivity index (χ4n) is 4.36. The SMILES string of the molecule is CC(CCCOC1=CCC(c2ccnc3ccccc23)C=C1C(=O)C=CN)CCNC(=O)OC(C)(C)C. The lowest BCUT2D eigenvalue weighted by molar-refractivity contribution is -0.111. The summed E-state index contributed by atoms with van der Waals surface area (Å²) in [6.45, 7) is 8.77. The lowest BCUT2D eigenvalue weighted by Gasteiger charge is -2.23. The summed E-state index contributed by atoms with van der Waals surface area (Å²) in [4.78, 5) is 29.1. The molecule has 1 heterocycles. The molecule has 3 rings (SSSR count). The zero-order valence-electron chi connectivity index (χ0n) is 22.3. The third-order valence-electron chi connectivity index (χ3n) is 6.19. The maximum absolute atomic E-state index is 12.8. The fourth-order valence-corrected chi connectivity index (χ4v) is 4.36. The molecule has 0 bridgehead atoms.